The predicted octanol–water partition coefficient (Wildman–Crippen LogP) is 3.98. The fourth-order valence-corrected chi connectivity index (χ4v) is 3.40. The lowest BCUT2D eigenvalue weighted by molar-refractivity contribution is 0.208. The molecule has 3 rings (SSSR count). The van der Waals surface area contributed by atoms with Crippen molar-refractivity contribution in [3.05, 3.63) is 52.6 Å². The summed E-state index contributed by atoms with van der Waals surface area (Å²) in [6, 6.07) is 9.88. The maximum absolute atomic E-state index is 12.6. The minimum atomic E-state index is -0.163. The van der Waals surface area contributed by atoms with Crippen molar-refractivity contribution >= 4 is 17.4 Å². The molecule has 1 saturated heterocycles. The number of carbonyl (C=O) groups is 1. The molecule has 2 aromatic carbocycles. The highest BCUT2D eigenvalue weighted by molar-refractivity contribution is 5.91. The van der Waals surface area contributed by atoms with Crippen LogP contribution in [0.2, 0.25) is 0 Å². The van der Waals surface area contributed by atoms with Gasteiger partial charge in [0, 0.05) is 31.9 Å². The van der Waals surface area contributed by atoms with Crippen LogP contribution in [0.15, 0.2) is 30.3 Å². The van der Waals surface area contributed by atoms with Gasteiger partial charge in [0.05, 0.1) is 5.69 Å². The number of carbonyl (C=O) groups excluding carboxylic acids is 1. The maximum atomic E-state index is 12.6. The highest BCUT2D eigenvalue weighted by Gasteiger charge is 2.22. The fourth-order valence-electron chi connectivity index (χ4n) is 3.40. The highest BCUT2D eigenvalue weighted by Crippen LogP contribution is 2.27. The van der Waals surface area contributed by atoms with E-state index < -0.39 is 0 Å². The van der Waals surface area contributed by atoms with Crippen molar-refractivity contribution in [2.45, 2.75) is 27.7 Å². The molecule has 0 atom stereocenters. The van der Waals surface area contributed by atoms with E-state index in [1.807, 2.05) is 19.9 Å². The summed E-state index contributed by atoms with van der Waals surface area (Å²) in [5.74, 6) is 0.107. The first-order chi connectivity index (χ1) is 12.3. The van der Waals surface area contributed by atoms with Gasteiger partial charge in [0.15, 0.2) is 0 Å². The molecule has 1 fully saturated rings. The summed E-state index contributed by atoms with van der Waals surface area (Å²) in [5, 5.41) is 12.9. The molecule has 1 aliphatic heterocycles. The Bertz CT molecular complexity index is 804. The Morgan fingerprint density at radius 3 is 2.08 bits per heavy atom. The SMILES string of the molecule is Cc1cc(C)cc(N2CCN(C(=O)Nc3cc(C)c(C)cc3O)CC2)c1. The molecular weight excluding hydrogens is 326 g/mol. The highest BCUT2D eigenvalue weighted by atomic mass is 16.3. The average Bonchev–Trinajstić information content (AvgIpc) is 2.59. The summed E-state index contributed by atoms with van der Waals surface area (Å²) in [5.41, 5.74) is 6.24. The molecule has 5 heteroatoms. The summed E-state index contributed by atoms with van der Waals surface area (Å²) in [6.45, 7) is 11.0. The molecule has 2 N–H and O–H groups in total. The van der Waals surface area contributed by atoms with Crippen molar-refractivity contribution in [2.24, 2.45) is 0 Å². The van der Waals surface area contributed by atoms with E-state index in [-0.39, 0.29) is 11.8 Å². The Morgan fingerprint density at radius 2 is 1.46 bits per heavy atom. The normalized spacial score (nSPS) is 14.5. The van der Waals surface area contributed by atoms with E-state index in [1.165, 1.54) is 16.8 Å². The van der Waals surface area contributed by atoms with Crippen molar-refractivity contribution in [2.75, 3.05) is 36.4 Å². The molecule has 26 heavy (non-hydrogen) atoms. The fraction of sp³-hybridized carbons (Fsp3) is 0.381. The van der Waals surface area contributed by atoms with Gasteiger partial charge in [-0.1, -0.05) is 6.07 Å². The first kappa shape index (κ1) is 18.1. The van der Waals surface area contributed by atoms with E-state index in [4.69, 9.17) is 0 Å². The smallest absolute Gasteiger partial charge is 0.322 e. The van der Waals surface area contributed by atoms with Gasteiger partial charge < -0.3 is 20.2 Å². The van der Waals surface area contributed by atoms with Gasteiger partial charge in [0.25, 0.3) is 0 Å². The second-order valence-corrected chi connectivity index (χ2v) is 7.20. The number of nitrogens with one attached hydrogen (secondary N) is 1. The van der Waals surface area contributed by atoms with Crippen molar-refractivity contribution in [3.8, 4) is 5.75 Å². The minimum Gasteiger partial charge on any atom is -0.506 e. The number of phenols is 1. The summed E-state index contributed by atoms with van der Waals surface area (Å²) >= 11 is 0. The zero-order valence-electron chi connectivity index (χ0n) is 16.0. The molecule has 0 bridgehead atoms. The number of urea groups is 1. The van der Waals surface area contributed by atoms with Crippen LogP contribution in [0, 0.1) is 27.7 Å². The van der Waals surface area contributed by atoms with Crippen LogP contribution >= 0.6 is 0 Å². The Balaban J connectivity index is 1.63. The van der Waals surface area contributed by atoms with Crippen LogP contribution in [0.3, 0.4) is 0 Å². The van der Waals surface area contributed by atoms with Crippen molar-refractivity contribution in [1.82, 2.24) is 4.90 Å². The molecule has 2 amide bonds. The quantitative estimate of drug-likeness (QED) is 0.803. The number of anilines is 2. The number of phenolic OH excluding ortho intramolecular Hbond substituents is 1. The van der Waals surface area contributed by atoms with E-state index in [1.54, 1.807) is 11.0 Å². The van der Waals surface area contributed by atoms with Gasteiger partial charge in [0.1, 0.15) is 5.75 Å². The number of amides is 2. The molecule has 138 valence electrons. The van der Waals surface area contributed by atoms with Crippen LogP contribution in [-0.2, 0) is 0 Å². The topological polar surface area (TPSA) is 55.8 Å². The molecule has 0 saturated carbocycles. The van der Waals surface area contributed by atoms with E-state index in [0.29, 0.717) is 18.8 Å². The molecule has 0 radical (unpaired) electrons. The van der Waals surface area contributed by atoms with Crippen LogP contribution in [0.1, 0.15) is 22.3 Å². The maximum Gasteiger partial charge on any atom is 0.322 e. The molecule has 1 heterocycles. The number of piperazine rings is 1. The lowest BCUT2D eigenvalue weighted by atomic mass is 10.1. The van der Waals surface area contributed by atoms with Crippen LogP contribution in [-0.4, -0.2) is 42.2 Å². The lowest BCUT2D eigenvalue weighted by Crippen LogP contribution is -2.50. The first-order valence-corrected chi connectivity index (χ1v) is 9.03. The molecule has 5 nitrogen and oxygen atoms in total. The standard InChI is InChI=1S/C21H27N3O2/c1-14-9-15(2)11-18(10-14)23-5-7-24(8-6-23)21(26)22-19-12-16(3)17(4)13-20(19)25/h9-13,25H,5-8H2,1-4H3,(H,22,26). The largest absolute Gasteiger partial charge is 0.506 e. The Hall–Kier alpha value is -2.69. The van der Waals surface area contributed by atoms with Crippen molar-refractivity contribution in [3.63, 3.8) is 0 Å². The zero-order valence-corrected chi connectivity index (χ0v) is 16.0. The third-order valence-electron chi connectivity index (χ3n) is 4.99. The summed E-state index contributed by atoms with van der Waals surface area (Å²) < 4.78 is 0. The summed E-state index contributed by atoms with van der Waals surface area (Å²) in [4.78, 5) is 16.7. The lowest BCUT2D eigenvalue weighted by Gasteiger charge is -2.36. The van der Waals surface area contributed by atoms with Crippen LogP contribution in [0.5, 0.6) is 5.75 Å². The van der Waals surface area contributed by atoms with E-state index in [9.17, 15) is 9.90 Å². The average molecular weight is 353 g/mol. The predicted molar refractivity (Wildman–Crippen MR) is 106 cm³/mol. The van der Waals surface area contributed by atoms with Gasteiger partial charge in [-0.05, 0) is 74.2 Å². The van der Waals surface area contributed by atoms with Gasteiger partial charge in [-0.15, -0.1) is 0 Å². The second-order valence-electron chi connectivity index (χ2n) is 7.20. The minimum absolute atomic E-state index is 0.107. The second kappa shape index (κ2) is 7.28. The summed E-state index contributed by atoms with van der Waals surface area (Å²) in [7, 11) is 0. The van der Waals surface area contributed by atoms with Gasteiger partial charge in [-0.25, -0.2) is 4.79 Å². The molecule has 0 aliphatic carbocycles. The molecule has 0 unspecified atom stereocenters. The number of nitrogens with zero attached hydrogens (tertiary/aromatic N) is 2. The molecular formula is C21H27N3O2. The summed E-state index contributed by atoms with van der Waals surface area (Å²) in [6.07, 6.45) is 0. The molecule has 0 aromatic heterocycles. The number of benzene rings is 2. The van der Waals surface area contributed by atoms with Crippen LogP contribution in [0.4, 0.5) is 16.2 Å². The van der Waals surface area contributed by atoms with Gasteiger partial charge in [0.2, 0.25) is 0 Å². The Morgan fingerprint density at radius 1 is 0.885 bits per heavy atom. The first-order valence-electron chi connectivity index (χ1n) is 9.03. The van der Waals surface area contributed by atoms with Gasteiger partial charge in [-0.3, -0.25) is 0 Å². The number of aromatic hydroxyl groups is 1. The van der Waals surface area contributed by atoms with Crippen molar-refractivity contribution in [1.29, 1.82) is 0 Å². The molecule has 2 aromatic rings. The third kappa shape index (κ3) is 3.93. The van der Waals surface area contributed by atoms with E-state index in [2.05, 4.69) is 42.3 Å². The third-order valence-corrected chi connectivity index (χ3v) is 4.99. The zero-order chi connectivity index (χ0) is 18.8. The van der Waals surface area contributed by atoms with Gasteiger partial charge in [-0.2, -0.15) is 0 Å². The van der Waals surface area contributed by atoms with E-state index >= 15 is 0 Å². The number of rotatable bonds is 2. The Kier molecular flexibility index (Phi) is 5.07. The van der Waals surface area contributed by atoms with Crippen LogP contribution < -0.4 is 10.2 Å². The molecule has 1 aliphatic rings. The van der Waals surface area contributed by atoms with Crippen LogP contribution in [0.25, 0.3) is 0 Å². The Labute approximate surface area is 155 Å². The van der Waals surface area contributed by atoms with E-state index in [0.717, 1.165) is 24.2 Å². The monoisotopic (exact) mass is 353 g/mol. The van der Waals surface area contributed by atoms with Gasteiger partial charge >= 0.3 is 6.03 Å². The number of hydrogen-bond acceptors (Lipinski definition) is 3. The number of aryl methyl sites for hydroxylation is 4. The number of hydrogen-bond donors (Lipinski definition) is 2. The van der Waals surface area contributed by atoms with Crippen molar-refractivity contribution < 1.29 is 9.90 Å². The molecule has 0 spiro atoms.